The van der Waals surface area contributed by atoms with Gasteiger partial charge in [-0.3, -0.25) is 14.6 Å². The van der Waals surface area contributed by atoms with E-state index in [2.05, 4.69) is 16.5 Å². The number of likely N-dealkylation sites (tertiary alicyclic amines) is 1. The van der Waals surface area contributed by atoms with Crippen LogP contribution in [0.15, 0.2) is 36.7 Å². The molecule has 2 aromatic heterocycles. The summed E-state index contributed by atoms with van der Waals surface area (Å²) in [6.45, 7) is 4.59. The Bertz CT molecular complexity index is 1200. The second kappa shape index (κ2) is 8.78. The lowest BCUT2D eigenvalue weighted by atomic mass is 9.74. The Morgan fingerprint density at radius 2 is 2.00 bits per heavy atom. The van der Waals surface area contributed by atoms with Crippen LogP contribution in [0, 0.1) is 0 Å². The van der Waals surface area contributed by atoms with Gasteiger partial charge in [-0.15, -0.1) is 0 Å². The molecule has 0 saturated carbocycles. The second-order valence-corrected chi connectivity index (χ2v) is 9.46. The lowest BCUT2D eigenvalue weighted by Crippen LogP contribution is -2.48. The average Bonchev–Trinajstić information content (AvgIpc) is 3.28. The number of unbranched alkanes of at least 4 members (excludes halogenated alkanes) is 2. The quantitative estimate of drug-likeness (QED) is 0.385. The van der Waals surface area contributed by atoms with Crippen molar-refractivity contribution in [2.45, 2.75) is 57.5 Å². The molecule has 7 nitrogen and oxygen atoms in total. The fourth-order valence-electron chi connectivity index (χ4n) is 5.32. The summed E-state index contributed by atoms with van der Waals surface area (Å²) in [6, 6.07) is 7.75. The molecule has 3 aromatic rings. The van der Waals surface area contributed by atoms with Gasteiger partial charge in [0.05, 0.1) is 34.9 Å². The van der Waals surface area contributed by atoms with Crippen molar-refractivity contribution >= 4 is 40.6 Å². The van der Waals surface area contributed by atoms with Crippen molar-refractivity contribution in [3.05, 3.63) is 53.1 Å². The minimum absolute atomic E-state index is 0.0845. The van der Waals surface area contributed by atoms with Crippen molar-refractivity contribution in [1.29, 1.82) is 0 Å². The number of benzene rings is 1. The fourth-order valence-corrected chi connectivity index (χ4v) is 5.49. The zero-order chi connectivity index (χ0) is 23.0. The molecule has 33 heavy (non-hydrogen) atoms. The van der Waals surface area contributed by atoms with E-state index >= 15 is 0 Å². The molecule has 2 aliphatic heterocycles. The Kier molecular flexibility index (Phi) is 5.83. The zero-order valence-corrected chi connectivity index (χ0v) is 19.6. The van der Waals surface area contributed by atoms with E-state index < -0.39 is 5.41 Å². The standard InChI is InChI=1S/C25H28ClN5O2/c1-2-3-4-11-30-21-6-5-18(26)14-20(21)28-23(30)16-31-22-15-27-10-7-19(22)25(24(31)33)8-12-29(17-32)13-9-25/h5-7,10,14-15,17H,2-4,8-9,11-13,16H2,1H3. The van der Waals surface area contributed by atoms with Crippen molar-refractivity contribution in [3.8, 4) is 0 Å². The predicted octanol–water partition coefficient (Wildman–Crippen LogP) is 4.31. The number of amides is 2. The molecule has 0 bridgehead atoms. The summed E-state index contributed by atoms with van der Waals surface area (Å²) in [7, 11) is 0. The van der Waals surface area contributed by atoms with Gasteiger partial charge in [-0.25, -0.2) is 4.98 Å². The number of fused-ring (bicyclic) bond motifs is 3. The Morgan fingerprint density at radius 3 is 2.76 bits per heavy atom. The van der Waals surface area contributed by atoms with Gasteiger partial charge in [-0.1, -0.05) is 31.4 Å². The number of nitrogens with zero attached hydrogens (tertiary/aromatic N) is 5. The van der Waals surface area contributed by atoms with Crippen LogP contribution in [0.5, 0.6) is 0 Å². The normalized spacial score (nSPS) is 17.2. The number of piperidine rings is 1. The van der Waals surface area contributed by atoms with Gasteiger partial charge in [-0.2, -0.15) is 0 Å². The Labute approximate surface area is 198 Å². The monoisotopic (exact) mass is 465 g/mol. The number of hydrogen-bond acceptors (Lipinski definition) is 4. The lowest BCUT2D eigenvalue weighted by Gasteiger charge is -2.36. The topological polar surface area (TPSA) is 71.3 Å². The number of aromatic nitrogens is 3. The maximum absolute atomic E-state index is 13.9. The molecule has 0 aliphatic carbocycles. The molecule has 1 aromatic carbocycles. The molecule has 172 valence electrons. The van der Waals surface area contributed by atoms with Gasteiger partial charge in [0.15, 0.2) is 0 Å². The van der Waals surface area contributed by atoms with E-state index in [0.717, 1.165) is 60.3 Å². The predicted molar refractivity (Wildman–Crippen MR) is 128 cm³/mol. The first-order chi connectivity index (χ1) is 16.1. The van der Waals surface area contributed by atoms with E-state index in [1.54, 1.807) is 17.3 Å². The maximum atomic E-state index is 13.9. The first kappa shape index (κ1) is 21.9. The summed E-state index contributed by atoms with van der Waals surface area (Å²) in [4.78, 5) is 38.0. The van der Waals surface area contributed by atoms with E-state index in [1.807, 2.05) is 29.2 Å². The SMILES string of the molecule is CCCCCn1c(CN2C(=O)C3(CCN(C=O)CC3)c3ccncc32)nc2cc(Cl)ccc21. The van der Waals surface area contributed by atoms with Crippen molar-refractivity contribution in [2.75, 3.05) is 18.0 Å². The second-order valence-electron chi connectivity index (χ2n) is 9.03. The summed E-state index contributed by atoms with van der Waals surface area (Å²) in [5, 5.41) is 0.653. The molecule has 0 unspecified atom stereocenters. The number of hydrogen-bond donors (Lipinski definition) is 0. The highest BCUT2D eigenvalue weighted by Crippen LogP contribution is 2.48. The van der Waals surface area contributed by atoms with Crippen LogP contribution in [0.25, 0.3) is 11.0 Å². The molecule has 0 radical (unpaired) electrons. The number of rotatable bonds is 7. The molecule has 8 heteroatoms. The molecular formula is C25H28ClN5O2. The number of anilines is 1. The fraction of sp³-hybridized carbons (Fsp3) is 0.440. The summed E-state index contributed by atoms with van der Waals surface area (Å²) in [5.41, 5.74) is 3.16. The lowest BCUT2D eigenvalue weighted by molar-refractivity contribution is -0.128. The van der Waals surface area contributed by atoms with Gasteiger partial charge < -0.3 is 14.4 Å². The van der Waals surface area contributed by atoms with Gasteiger partial charge in [0, 0.05) is 30.9 Å². The first-order valence-corrected chi connectivity index (χ1v) is 12.1. The van der Waals surface area contributed by atoms with E-state index in [0.29, 0.717) is 37.5 Å². The number of carbonyl (C=O) groups excluding carboxylic acids is 2. The molecule has 2 amide bonds. The van der Waals surface area contributed by atoms with Crippen LogP contribution in [0.3, 0.4) is 0 Å². The first-order valence-electron chi connectivity index (χ1n) is 11.7. The van der Waals surface area contributed by atoms with Gasteiger partial charge >= 0.3 is 0 Å². The minimum Gasteiger partial charge on any atom is -0.345 e. The maximum Gasteiger partial charge on any atom is 0.238 e. The van der Waals surface area contributed by atoms with Crippen LogP contribution >= 0.6 is 11.6 Å². The van der Waals surface area contributed by atoms with Crippen LogP contribution < -0.4 is 4.90 Å². The van der Waals surface area contributed by atoms with E-state index in [4.69, 9.17) is 16.6 Å². The van der Waals surface area contributed by atoms with Crippen molar-refractivity contribution < 1.29 is 9.59 Å². The molecule has 1 spiro atoms. The molecule has 0 atom stereocenters. The smallest absolute Gasteiger partial charge is 0.238 e. The van der Waals surface area contributed by atoms with Crippen molar-refractivity contribution in [3.63, 3.8) is 0 Å². The van der Waals surface area contributed by atoms with Crippen LogP contribution in [0.2, 0.25) is 5.02 Å². The summed E-state index contributed by atoms with van der Waals surface area (Å²) < 4.78 is 2.23. The molecule has 2 aliphatic rings. The molecule has 1 saturated heterocycles. The van der Waals surface area contributed by atoms with E-state index in [1.165, 1.54) is 0 Å². The van der Waals surface area contributed by atoms with Gasteiger partial charge in [0.1, 0.15) is 5.82 Å². The summed E-state index contributed by atoms with van der Waals surface area (Å²) in [5.74, 6) is 0.940. The Morgan fingerprint density at radius 1 is 1.18 bits per heavy atom. The molecule has 1 fully saturated rings. The summed E-state index contributed by atoms with van der Waals surface area (Å²) >= 11 is 6.24. The van der Waals surface area contributed by atoms with Gasteiger partial charge in [0.2, 0.25) is 12.3 Å². The van der Waals surface area contributed by atoms with Crippen LogP contribution in [-0.2, 0) is 28.1 Å². The number of carbonyl (C=O) groups is 2. The Balaban J connectivity index is 1.52. The number of pyridine rings is 1. The van der Waals surface area contributed by atoms with E-state index in [9.17, 15) is 9.59 Å². The van der Waals surface area contributed by atoms with Crippen LogP contribution in [0.1, 0.15) is 50.4 Å². The van der Waals surface area contributed by atoms with E-state index in [-0.39, 0.29) is 5.91 Å². The number of imidazole rings is 1. The van der Waals surface area contributed by atoms with Gasteiger partial charge in [-0.05, 0) is 49.1 Å². The largest absolute Gasteiger partial charge is 0.345 e. The van der Waals surface area contributed by atoms with Crippen molar-refractivity contribution in [2.24, 2.45) is 0 Å². The molecular weight excluding hydrogens is 438 g/mol. The third-order valence-electron chi connectivity index (χ3n) is 7.14. The highest BCUT2D eigenvalue weighted by atomic mass is 35.5. The molecule has 5 rings (SSSR count). The number of halogens is 1. The average molecular weight is 466 g/mol. The molecule has 4 heterocycles. The van der Waals surface area contributed by atoms with Crippen LogP contribution in [-0.4, -0.2) is 44.8 Å². The molecule has 0 N–H and O–H groups in total. The third kappa shape index (κ3) is 3.68. The Hall–Kier alpha value is -2.93. The zero-order valence-electron chi connectivity index (χ0n) is 18.8. The third-order valence-corrected chi connectivity index (χ3v) is 7.37. The minimum atomic E-state index is -0.597. The van der Waals surface area contributed by atoms with Crippen LogP contribution in [0.4, 0.5) is 5.69 Å². The summed E-state index contributed by atoms with van der Waals surface area (Å²) in [6.07, 6.45) is 8.99. The van der Waals surface area contributed by atoms with Gasteiger partial charge in [0.25, 0.3) is 0 Å². The highest BCUT2D eigenvalue weighted by molar-refractivity contribution is 6.31. The van der Waals surface area contributed by atoms with Crippen molar-refractivity contribution in [1.82, 2.24) is 19.4 Å². The highest BCUT2D eigenvalue weighted by Gasteiger charge is 2.52. The number of aryl methyl sites for hydroxylation is 1.